The van der Waals surface area contributed by atoms with Crippen LogP contribution in [0.5, 0.6) is 0 Å². The molecule has 1 aliphatic heterocycles. The minimum Gasteiger partial charge on any atom is -0.388 e. The molecule has 1 fully saturated rings. The molecule has 1 aliphatic rings. The van der Waals surface area contributed by atoms with Crippen LogP contribution in [0, 0.1) is 0 Å². The number of halogens is 4. The van der Waals surface area contributed by atoms with Crippen LogP contribution in [-0.4, -0.2) is 33.7 Å². The second-order valence-electron chi connectivity index (χ2n) is 4.74. The lowest BCUT2D eigenvalue weighted by Crippen LogP contribution is -2.40. The number of rotatable bonds is 3. The van der Waals surface area contributed by atoms with Crippen molar-refractivity contribution in [1.29, 1.82) is 0 Å². The monoisotopic (exact) mass is 326 g/mol. The lowest BCUT2D eigenvalue weighted by molar-refractivity contribution is -0.137. The third-order valence-electron chi connectivity index (χ3n) is 3.18. The quantitative estimate of drug-likeness (QED) is 0.893. The SMILES string of the molecule is OC1(CNc2ncc(C(F)(F)F)cc2Cl)CCSCC1. The average Bonchev–Trinajstić information content (AvgIpc) is 2.37. The van der Waals surface area contributed by atoms with Crippen molar-refractivity contribution in [2.75, 3.05) is 23.4 Å². The zero-order chi connectivity index (χ0) is 14.8. The molecule has 0 radical (unpaired) electrons. The Labute approximate surface area is 123 Å². The Morgan fingerprint density at radius 3 is 2.60 bits per heavy atom. The van der Waals surface area contributed by atoms with E-state index in [1.807, 2.05) is 0 Å². The van der Waals surface area contributed by atoms with Crippen molar-refractivity contribution in [3.63, 3.8) is 0 Å². The molecule has 8 heteroatoms. The van der Waals surface area contributed by atoms with Gasteiger partial charge in [0, 0.05) is 12.7 Å². The fraction of sp³-hybridized carbons (Fsp3) is 0.583. The van der Waals surface area contributed by atoms with Gasteiger partial charge < -0.3 is 10.4 Å². The van der Waals surface area contributed by atoms with Crippen molar-refractivity contribution in [2.45, 2.75) is 24.6 Å². The number of nitrogens with one attached hydrogen (secondary N) is 1. The predicted octanol–water partition coefficient (Wildman–Crippen LogP) is 3.42. The van der Waals surface area contributed by atoms with Crippen LogP contribution >= 0.6 is 23.4 Å². The maximum absolute atomic E-state index is 12.5. The molecule has 0 spiro atoms. The van der Waals surface area contributed by atoms with E-state index in [-0.39, 0.29) is 17.4 Å². The summed E-state index contributed by atoms with van der Waals surface area (Å²) in [7, 11) is 0. The summed E-state index contributed by atoms with van der Waals surface area (Å²) in [5.41, 5.74) is -1.74. The van der Waals surface area contributed by atoms with Crippen LogP contribution in [0.2, 0.25) is 5.02 Å². The van der Waals surface area contributed by atoms with E-state index in [4.69, 9.17) is 11.6 Å². The summed E-state index contributed by atoms with van der Waals surface area (Å²) in [5, 5.41) is 13.0. The molecular formula is C12H14ClF3N2OS. The average molecular weight is 327 g/mol. The van der Waals surface area contributed by atoms with Gasteiger partial charge in [0.1, 0.15) is 5.82 Å². The normalized spacial score (nSPS) is 18.9. The first-order chi connectivity index (χ1) is 9.30. The Morgan fingerprint density at radius 1 is 1.40 bits per heavy atom. The molecule has 0 aliphatic carbocycles. The summed E-state index contributed by atoms with van der Waals surface area (Å²) in [6, 6.07) is 0.831. The number of nitrogens with zero attached hydrogens (tertiary/aromatic N) is 1. The zero-order valence-corrected chi connectivity index (χ0v) is 12.1. The van der Waals surface area contributed by atoms with Crippen LogP contribution in [0.25, 0.3) is 0 Å². The molecular weight excluding hydrogens is 313 g/mol. The molecule has 0 saturated carbocycles. The minimum atomic E-state index is -4.46. The minimum absolute atomic E-state index is 0.103. The van der Waals surface area contributed by atoms with E-state index in [0.717, 1.165) is 23.8 Å². The molecule has 1 saturated heterocycles. The van der Waals surface area contributed by atoms with Crippen LogP contribution < -0.4 is 5.32 Å². The number of hydrogen-bond donors (Lipinski definition) is 2. The fourth-order valence-corrected chi connectivity index (χ4v) is 3.39. The van der Waals surface area contributed by atoms with E-state index >= 15 is 0 Å². The Hall–Kier alpha value is -0.660. The van der Waals surface area contributed by atoms with Gasteiger partial charge in [-0.05, 0) is 30.4 Å². The highest BCUT2D eigenvalue weighted by Crippen LogP contribution is 2.33. The first-order valence-electron chi connectivity index (χ1n) is 6.07. The second kappa shape index (κ2) is 5.99. The van der Waals surface area contributed by atoms with Gasteiger partial charge in [0.05, 0.1) is 16.2 Å². The van der Waals surface area contributed by atoms with Crippen LogP contribution in [0.15, 0.2) is 12.3 Å². The second-order valence-corrected chi connectivity index (χ2v) is 6.37. The first-order valence-corrected chi connectivity index (χ1v) is 7.60. The van der Waals surface area contributed by atoms with Gasteiger partial charge in [-0.1, -0.05) is 11.6 Å². The number of aliphatic hydroxyl groups is 1. The van der Waals surface area contributed by atoms with Gasteiger partial charge in [0.15, 0.2) is 0 Å². The molecule has 2 N–H and O–H groups in total. The maximum Gasteiger partial charge on any atom is 0.417 e. The van der Waals surface area contributed by atoms with Crippen molar-refractivity contribution in [3.05, 3.63) is 22.8 Å². The van der Waals surface area contributed by atoms with Gasteiger partial charge in [0.2, 0.25) is 0 Å². The molecule has 112 valence electrons. The molecule has 20 heavy (non-hydrogen) atoms. The lowest BCUT2D eigenvalue weighted by Gasteiger charge is -2.32. The molecule has 0 unspecified atom stereocenters. The van der Waals surface area contributed by atoms with Crippen molar-refractivity contribution in [1.82, 2.24) is 4.98 Å². The molecule has 0 aromatic carbocycles. The summed E-state index contributed by atoms with van der Waals surface area (Å²) in [4.78, 5) is 3.68. The molecule has 1 aromatic rings. The Morgan fingerprint density at radius 2 is 2.05 bits per heavy atom. The molecule has 0 atom stereocenters. The van der Waals surface area contributed by atoms with Gasteiger partial charge in [-0.15, -0.1) is 0 Å². The summed E-state index contributed by atoms with van der Waals surface area (Å²) in [5.74, 6) is 1.89. The standard InChI is InChI=1S/C12H14ClF3N2OS/c13-9-5-8(12(14,15)16)6-17-10(9)18-7-11(19)1-3-20-4-2-11/h5-6,19H,1-4,7H2,(H,17,18). The number of anilines is 1. The maximum atomic E-state index is 12.5. The van der Waals surface area contributed by atoms with Gasteiger partial charge in [-0.3, -0.25) is 0 Å². The van der Waals surface area contributed by atoms with Crippen molar-refractivity contribution >= 4 is 29.2 Å². The summed E-state index contributed by atoms with van der Waals surface area (Å²) < 4.78 is 37.4. The lowest BCUT2D eigenvalue weighted by atomic mass is 9.97. The Kier molecular flexibility index (Phi) is 4.71. The first kappa shape index (κ1) is 15.7. The number of alkyl halides is 3. The van der Waals surface area contributed by atoms with E-state index in [1.54, 1.807) is 11.8 Å². The van der Waals surface area contributed by atoms with Crippen LogP contribution in [0.4, 0.5) is 19.0 Å². The zero-order valence-electron chi connectivity index (χ0n) is 10.5. The Balaban J connectivity index is 2.03. The van der Waals surface area contributed by atoms with E-state index in [2.05, 4.69) is 10.3 Å². The van der Waals surface area contributed by atoms with Gasteiger partial charge in [0.25, 0.3) is 0 Å². The summed E-state index contributed by atoms with van der Waals surface area (Å²) in [6.07, 6.45) is -2.45. The molecule has 2 heterocycles. The van der Waals surface area contributed by atoms with Crippen LogP contribution in [0.1, 0.15) is 18.4 Å². The smallest absolute Gasteiger partial charge is 0.388 e. The summed E-state index contributed by atoms with van der Waals surface area (Å²) >= 11 is 7.56. The topological polar surface area (TPSA) is 45.1 Å². The number of thioether (sulfide) groups is 1. The molecule has 0 bridgehead atoms. The third kappa shape index (κ3) is 3.93. The number of pyridine rings is 1. The van der Waals surface area contributed by atoms with E-state index in [1.165, 1.54) is 0 Å². The van der Waals surface area contributed by atoms with Gasteiger partial charge in [-0.2, -0.15) is 24.9 Å². The van der Waals surface area contributed by atoms with E-state index < -0.39 is 17.3 Å². The highest BCUT2D eigenvalue weighted by molar-refractivity contribution is 7.99. The number of aromatic nitrogens is 1. The Bertz CT molecular complexity index is 478. The van der Waals surface area contributed by atoms with Gasteiger partial charge in [-0.25, -0.2) is 4.98 Å². The van der Waals surface area contributed by atoms with E-state index in [0.29, 0.717) is 12.8 Å². The summed E-state index contributed by atoms with van der Waals surface area (Å²) in [6.45, 7) is 0.228. The highest BCUT2D eigenvalue weighted by atomic mass is 35.5. The van der Waals surface area contributed by atoms with Crippen molar-refractivity contribution in [2.24, 2.45) is 0 Å². The molecule has 0 amide bonds. The fourth-order valence-electron chi connectivity index (χ4n) is 1.90. The predicted molar refractivity (Wildman–Crippen MR) is 74.2 cm³/mol. The van der Waals surface area contributed by atoms with Crippen molar-refractivity contribution < 1.29 is 18.3 Å². The van der Waals surface area contributed by atoms with Crippen LogP contribution in [0.3, 0.4) is 0 Å². The van der Waals surface area contributed by atoms with Crippen molar-refractivity contribution in [3.8, 4) is 0 Å². The molecule has 1 aromatic heterocycles. The highest BCUT2D eigenvalue weighted by Gasteiger charge is 2.32. The van der Waals surface area contributed by atoms with Crippen LogP contribution in [-0.2, 0) is 6.18 Å². The van der Waals surface area contributed by atoms with Gasteiger partial charge >= 0.3 is 6.18 Å². The largest absolute Gasteiger partial charge is 0.417 e. The molecule has 2 rings (SSSR count). The number of hydrogen-bond acceptors (Lipinski definition) is 4. The van der Waals surface area contributed by atoms with E-state index in [9.17, 15) is 18.3 Å². The molecule has 3 nitrogen and oxygen atoms in total. The third-order valence-corrected chi connectivity index (χ3v) is 4.45.